The lowest BCUT2D eigenvalue weighted by atomic mass is 9.89. The Morgan fingerprint density at radius 2 is 1.64 bits per heavy atom. The number of rotatable bonds is 14. The largest absolute Gasteiger partial charge is 0.488 e. The molecule has 1 atom stereocenters. The van der Waals surface area contributed by atoms with Crippen LogP contribution in [0.5, 0.6) is 5.75 Å². The Kier molecular flexibility index (Phi) is 13.5. The molecule has 0 unspecified atom stereocenters. The van der Waals surface area contributed by atoms with Gasteiger partial charge in [-0.15, -0.1) is 0 Å². The summed E-state index contributed by atoms with van der Waals surface area (Å²) in [5, 5.41) is 15.2. The Bertz CT molecular complexity index is 3010. The first kappa shape index (κ1) is 47.8. The Morgan fingerprint density at radius 3 is 2.33 bits per heavy atom. The van der Waals surface area contributed by atoms with Crippen LogP contribution in [0, 0.1) is 18.6 Å². The second-order valence-electron chi connectivity index (χ2n) is 19.4. The molecule has 3 aromatic heterocycles. The van der Waals surface area contributed by atoms with Gasteiger partial charge in [0.1, 0.15) is 30.3 Å². The van der Waals surface area contributed by atoms with Crippen molar-refractivity contribution >= 4 is 79.9 Å². The standard InChI is InChI=1S/C51H57BrF2N11O4P/c1-30-5-8-35-41(57-30)10-11-42(48(35)70(3,4)68)58-49-38(52)28-55-51(61-49)59-43-25-37(32-27-56-62(2)29-32)44(26-45(43)69-34-6-7-34)65-17-14-33(15-18-65)64-21-19-63(20-22-64)16-13-31-23-39(53)47(40(54)24-31)36-9-12-46(66)60-50(36)67/h5,8,10-11,23-29,33-34,36H,6-7,9,12-22H2,1-4H3,(H,60,66,67)(H2,55,58,59,61)/t36-/m1/s1. The third kappa shape index (κ3) is 10.5. The highest BCUT2D eigenvalue weighted by Gasteiger charge is 2.34. The molecule has 6 heterocycles. The molecule has 0 radical (unpaired) electrons. The molecule has 3 aliphatic heterocycles. The first-order valence-electron chi connectivity index (χ1n) is 24.0. The summed E-state index contributed by atoms with van der Waals surface area (Å²) in [6.07, 6.45) is 10.3. The lowest BCUT2D eigenvalue weighted by molar-refractivity contribution is -0.134. The highest BCUT2D eigenvalue weighted by atomic mass is 79.9. The number of hydrogen-bond donors (Lipinski definition) is 3. The van der Waals surface area contributed by atoms with Crippen molar-refractivity contribution < 1.29 is 27.7 Å². The van der Waals surface area contributed by atoms with E-state index in [1.165, 1.54) is 12.1 Å². The van der Waals surface area contributed by atoms with Gasteiger partial charge in [0.25, 0.3) is 0 Å². The van der Waals surface area contributed by atoms with E-state index >= 15 is 8.78 Å². The van der Waals surface area contributed by atoms with Crippen LogP contribution in [-0.2, 0) is 27.6 Å². The number of hydrogen-bond acceptors (Lipinski definition) is 13. The SMILES string of the molecule is Cc1ccc2c(P(C)(C)=O)c(Nc3nc(Nc4cc(-c5cnn(C)c5)c(N5CCC(N6CCN(CCc7cc(F)c([C@H]8CCC(=O)NC8=O)c(F)c7)CC6)CC5)cc4OC4CC4)ncc3Br)ccc2n1. The predicted molar refractivity (Wildman–Crippen MR) is 273 cm³/mol. The zero-order valence-corrected chi connectivity index (χ0v) is 42.3. The molecule has 70 heavy (non-hydrogen) atoms. The van der Waals surface area contributed by atoms with Crippen molar-refractivity contribution in [1.29, 1.82) is 0 Å². The van der Waals surface area contributed by atoms with Gasteiger partial charge in [-0.25, -0.2) is 13.8 Å². The predicted octanol–water partition coefficient (Wildman–Crippen LogP) is 8.40. The van der Waals surface area contributed by atoms with Crippen LogP contribution >= 0.6 is 23.1 Å². The van der Waals surface area contributed by atoms with Gasteiger partial charge in [0.05, 0.1) is 39.6 Å². The Labute approximate surface area is 414 Å². The van der Waals surface area contributed by atoms with E-state index in [1.54, 1.807) is 19.5 Å². The minimum Gasteiger partial charge on any atom is -0.488 e. The molecule has 3 saturated heterocycles. The number of nitrogens with one attached hydrogen (secondary N) is 3. The van der Waals surface area contributed by atoms with E-state index in [2.05, 4.69) is 73.8 Å². The van der Waals surface area contributed by atoms with Crippen molar-refractivity contribution in [3.63, 3.8) is 0 Å². The average Bonchev–Trinajstić information content (AvgIpc) is 4.05. The summed E-state index contributed by atoms with van der Waals surface area (Å²) in [5.74, 6) is -1.96. The van der Waals surface area contributed by atoms with Gasteiger partial charge in [-0.3, -0.25) is 29.5 Å². The molecule has 3 N–H and O–H groups in total. The quantitative estimate of drug-likeness (QED) is 0.0705. The maximum absolute atomic E-state index is 15.2. The van der Waals surface area contributed by atoms with Crippen LogP contribution in [0.15, 0.2) is 71.6 Å². The summed E-state index contributed by atoms with van der Waals surface area (Å²) in [4.78, 5) is 45.6. The van der Waals surface area contributed by atoms with Crippen molar-refractivity contribution in [3.8, 4) is 16.9 Å². The Balaban J connectivity index is 0.820. The fraction of sp³-hybridized carbons (Fsp3) is 0.412. The summed E-state index contributed by atoms with van der Waals surface area (Å²) < 4.78 is 53.3. The van der Waals surface area contributed by atoms with E-state index in [0.717, 1.165) is 110 Å². The van der Waals surface area contributed by atoms with E-state index in [9.17, 15) is 14.2 Å². The highest BCUT2D eigenvalue weighted by Crippen LogP contribution is 2.45. The molecule has 4 fully saturated rings. The van der Waals surface area contributed by atoms with Gasteiger partial charge in [-0.1, -0.05) is 6.07 Å². The van der Waals surface area contributed by atoms with Gasteiger partial charge >= 0.3 is 0 Å². The fourth-order valence-corrected chi connectivity index (χ4v) is 11.9. The van der Waals surface area contributed by atoms with Crippen LogP contribution in [0.1, 0.15) is 61.3 Å². The summed E-state index contributed by atoms with van der Waals surface area (Å²) in [7, 11) is -0.856. The van der Waals surface area contributed by atoms with Crippen molar-refractivity contribution in [2.24, 2.45) is 7.05 Å². The minimum atomic E-state index is -2.77. The van der Waals surface area contributed by atoms with Crippen molar-refractivity contribution in [1.82, 2.24) is 39.8 Å². The van der Waals surface area contributed by atoms with Crippen LogP contribution in [-0.4, -0.2) is 118 Å². The maximum Gasteiger partial charge on any atom is 0.234 e. The van der Waals surface area contributed by atoms with Gasteiger partial charge in [0.15, 0.2) is 0 Å². The van der Waals surface area contributed by atoms with Crippen LogP contribution in [0.2, 0.25) is 0 Å². The van der Waals surface area contributed by atoms with Crippen LogP contribution in [0.25, 0.3) is 22.0 Å². The van der Waals surface area contributed by atoms with Gasteiger partial charge < -0.3 is 29.7 Å². The number of anilines is 5. The number of pyridine rings is 1. The molecule has 2 amide bonds. The normalized spacial score (nSPS) is 18.6. The van der Waals surface area contributed by atoms with E-state index in [1.807, 2.05) is 55.3 Å². The molecule has 15 nitrogen and oxygen atoms in total. The van der Waals surface area contributed by atoms with E-state index in [-0.39, 0.29) is 24.5 Å². The third-order valence-corrected chi connectivity index (χ3v) is 16.0. The number of carbonyl (C=O) groups excluding carboxylic acids is 2. The van der Waals surface area contributed by atoms with Crippen LogP contribution in [0.3, 0.4) is 0 Å². The molecule has 4 aliphatic rings. The van der Waals surface area contributed by atoms with Crippen molar-refractivity contribution in [2.45, 2.75) is 69.9 Å². The first-order chi connectivity index (χ1) is 33.6. The summed E-state index contributed by atoms with van der Waals surface area (Å²) >= 11 is 3.65. The smallest absolute Gasteiger partial charge is 0.234 e. The molecular formula is C51H57BrF2N11O4P. The minimum absolute atomic E-state index is 0.0592. The number of fused-ring (bicyclic) bond motifs is 1. The fourth-order valence-electron chi connectivity index (χ4n) is 10.1. The maximum atomic E-state index is 15.2. The number of amides is 2. The number of aryl methyl sites for hydroxylation is 2. The molecule has 1 aliphatic carbocycles. The van der Waals surface area contributed by atoms with E-state index in [4.69, 9.17) is 9.72 Å². The topological polar surface area (TPSA) is 163 Å². The number of nitrogens with zero attached hydrogens (tertiary/aromatic N) is 8. The van der Waals surface area contributed by atoms with Crippen molar-refractivity contribution in [3.05, 3.63) is 100 Å². The number of halogens is 3. The second-order valence-corrected chi connectivity index (χ2v) is 23.4. The number of piperidine rings is 2. The van der Waals surface area contributed by atoms with Gasteiger partial charge in [-0.2, -0.15) is 10.1 Å². The summed E-state index contributed by atoms with van der Waals surface area (Å²) in [5.41, 5.74) is 6.45. The van der Waals surface area contributed by atoms with Gasteiger partial charge in [0.2, 0.25) is 17.8 Å². The summed E-state index contributed by atoms with van der Waals surface area (Å²) in [6, 6.07) is 15.1. The number of imide groups is 1. The molecular weight excluding hydrogens is 980 g/mol. The molecule has 3 aromatic carbocycles. The second kappa shape index (κ2) is 19.8. The molecule has 6 aromatic rings. The van der Waals surface area contributed by atoms with E-state index in [0.29, 0.717) is 51.8 Å². The average molecular weight is 1040 g/mol. The number of aromatic nitrogens is 5. The molecule has 19 heteroatoms. The molecule has 1 saturated carbocycles. The monoisotopic (exact) mass is 1040 g/mol. The number of benzene rings is 3. The van der Waals surface area contributed by atoms with Gasteiger partial charge in [0, 0.05) is 123 Å². The van der Waals surface area contributed by atoms with Crippen molar-refractivity contribution in [2.75, 3.05) is 74.7 Å². The molecule has 366 valence electrons. The molecule has 10 rings (SSSR count). The van der Waals surface area contributed by atoms with Crippen LogP contribution < -0.4 is 30.9 Å². The third-order valence-electron chi connectivity index (χ3n) is 13.9. The van der Waals surface area contributed by atoms with Gasteiger partial charge in [-0.05, 0) is 117 Å². The van der Waals surface area contributed by atoms with Crippen LogP contribution in [0.4, 0.5) is 37.6 Å². The number of carbonyl (C=O) groups is 2. The first-order valence-corrected chi connectivity index (χ1v) is 27.4. The molecule has 0 spiro atoms. The zero-order valence-electron chi connectivity index (χ0n) is 39.8. The summed E-state index contributed by atoms with van der Waals surface area (Å²) in [6.45, 7) is 11.4. The number of piperazine rings is 1. The van der Waals surface area contributed by atoms with E-state index < -0.39 is 36.5 Å². The Hall–Kier alpha value is -5.81. The number of ether oxygens (including phenoxy) is 1. The Morgan fingerprint density at radius 1 is 0.886 bits per heavy atom. The lowest BCUT2D eigenvalue weighted by Crippen LogP contribution is -2.53. The highest BCUT2D eigenvalue weighted by molar-refractivity contribution is 9.10. The zero-order chi connectivity index (χ0) is 48.8. The molecule has 0 bridgehead atoms. The lowest BCUT2D eigenvalue weighted by Gasteiger charge is -2.43.